The molecule has 1 N–H and O–H groups in total. The molecule has 0 aromatic heterocycles. The predicted molar refractivity (Wildman–Crippen MR) is 94.6 cm³/mol. The second-order valence-corrected chi connectivity index (χ2v) is 6.85. The molecule has 3 rings (SSSR count). The average Bonchev–Trinajstić information content (AvgIpc) is 2.76. The van der Waals surface area contributed by atoms with E-state index in [1.807, 2.05) is 0 Å². The van der Waals surface area contributed by atoms with Gasteiger partial charge in [0.1, 0.15) is 12.4 Å². The van der Waals surface area contributed by atoms with E-state index in [9.17, 15) is 18.8 Å². The topological polar surface area (TPSA) is 66.5 Å². The van der Waals surface area contributed by atoms with Crippen LogP contribution >= 0.6 is 39.1 Å². The van der Waals surface area contributed by atoms with Crippen molar-refractivity contribution in [2.24, 2.45) is 0 Å². The molecular weight excluding hydrogens is 438 g/mol. The normalized spacial score (nSPS) is 13.2. The summed E-state index contributed by atoms with van der Waals surface area (Å²) in [6, 6.07) is 6.31. The van der Waals surface area contributed by atoms with Gasteiger partial charge < -0.3 is 5.32 Å². The first kappa shape index (κ1) is 17.8. The Kier molecular flexibility index (Phi) is 4.81. The lowest BCUT2D eigenvalue weighted by Crippen LogP contribution is -2.37. The van der Waals surface area contributed by atoms with Gasteiger partial charge in [0.15, 0.2) is 0 Å². The van der Waals surface area contributed by atoms with Gasteiger partial charge in [-0.1, -0.05) is 23.2 Å². The molecule has 25 heavy (non-hydrogen) atoms. The third-order valence-corrected chi connectivity index (χ3v) is 4.90. The van der Waals surface area contributed by atoms with Crippen LogP contribution in [0.1, 0.15) is 20.7 Å². The summed E-state index contributed by atoms with van der Waals surface area (Å²) in [4.78, 5) is 37.6. The van der Waals surface area contributed by atoms with E-state index in [-0.39, 0.29) is 21.2 Å². The highest BCUT2D eigenvalue weighted by Gasteiger charge is 2.37. The second kappa shape index (κ2) is 6.74. The molecule has 0 bridgehead atoms. The highest BCUT2D eigenvalue weighted by atomic mass is 79.9. The molecule has 1 aliphatic rings. The van der Waals surface area contributed by atoms with E-state index in [0.29, 0.717) is 10.2 Å². The molecule has 2 aromatic carbocycles. The van der Waals surface area contributed by atoms with E-state index < -0.39 is 30.1 Å². The van der Waals surface area contributed by atoms with Crippen molar-refractivity contribution in [2.75, 3.05) is 11.9 Å². The Morgan fingerprint density at radius 1 is 1.08 bits per heavy atom. The Labute approximate surface area is 159 Å². The molecule has 0 saturated heterocycles. The molecule has 2 aromatic rings. The number of amides is 3. The number of rotatable bonds is 3. The minimum Gasteiger partial charge on any atom is -0.323 e. The lowest BCUT2D eigenvalue weighted by molar-refractivity contribution is -0.116. The Balaban J connectivity index is 1.78. The minimum atomic E-state index is -0.633. The quantitative estimate of drug-likeness (QED) is 0.722. The Hall–Kier alpha value is -1.96. The zero-order chi connectivity index (χ0) is 18.3. The number of imide groups is 1. The lowest BCUT2D eigenvalue weighted by atomic mass is 10.1. The van der Waals surface area contributed by atoms with E-state index in [1.54, 1.807) is 0 Å². The van der Waals surface area contributed by atoms with Crippen LogP contribution in [0.15, 0.2) is 34.8 Å². The molecule has 9 heteroatoms. The summed E-state index contributed by atoms with van der Waals surface area (Å²) in [6.45, 7) is -0.495. The largest absolute Gasteiger partial charge is 0.323 e. The van der Waals surface area contributed by atoms with Gasteiger partial charge in [-0.3, -0.25) is 19.3 Å². The number of halogens is 4. The maximum absolute atomic E-state index is 13.1. The smallest absolute Gasteiger partial charge is 0.262 e. The van der Waals surface area contributed by atoms with Crippen LogP contribution in [0.4, 0.5) is 10.1 Å². The van der Waals surface area contributed by atoms with Crippen molar-refractivity contribution in [2.45, 2.75) is 0 Å². The maximum Gasteiger partial charge on any atom is 0.262 e. The summed E-state index contributed by atoms with van der Waals surface area (Å²) < 4.78 is 13.4. The number of hydrogen-bond donors (Lipinski definition) is 1. The summed E-state index contributed by atoms with van der Waals surface area (Å²) in [5.41, 5.74) is 0.499. The molecule has 3 amide bonds. The van der Waals surface area contributed by atoms with Gasteiger partial charge >= 0.3 is 0 Å². The van der Waals surface area contributed by atoms with Crippen molar-refractivity contribution in [3.05, 3.63) is 61.8 Å². The number of fused-ring (bicyclic) bond motifs is 1. The monoisotopic (exact) mass is 444 g/mol. The number of hydrogen-bond acceptors (Lipinski definition) is 3. The van der Waals surface area contributed by atoms with E-state index in [2.05, 4.69) is 21.2 Å². The molecule has 0 atom stereocenters. The first-order chi connectivity index (χ1) is 11.8. The van der Waals surface area contributed by atoms with Crippen LogP contribution in [0, 0.1) is 5.82 Å². The standard InChI is InChI=1S/C16H8BrCl2FN2O3/c17-10-3-7(20)1-2-13(10)21-14(23)6-22-15(24)8-4-11(18)12(19)5-9(8)16(22)25/h1-5H,6H2,(H,21,23). The van der Waals surface area contributed by atoms with Gasteiger partial charge in [0.2, 0.25) is 5.91 Å². The fourth-order valence-electron chi connectivity index (χ4n) is 2.35. The molecule has 0 spiro atoms. The molecule has 0 fully saturated rings. The first-order valence-electron chi connectivity index (χ1n) is 6.88. The fourth-order valence-corrected chi connectivity index (χ4v) is 3.13. The third-order valence-electron chi connectivity index (χ3n) is 3.52. The van der Waals surface area contributed by atoms with E-state index in [1.165, 1.54) is 30.3 Å². The highest BCUT2D eigenvalue weighted by Crippen LogP contribution is 2.31. The van der Waals surface area contributed by atoms with Crippen molar-refractivity contribution in [1.29, 1.82) is 0 Å². The van der Waals surface area contributed by atoms with E-state index >= 15 is 0 Å². The van der Waals surface area contributed by atoms with Gasteiger partial charge in [0.05, 0.1) is 26.9 Å². The zero-order valence-electron chi connectivity index (χ0n) is 12.3. The minimum absolute atomic E-state index is 0.0927. The molecule has 1 heterocycles. The average molecular weight is 446 g/mol. The summed E-state index contributed by atoms with van der Waals surface area (Å²) >= 11 is 14.9. The van der Waals surface area contributed by atoms with E-state index in [4.69, 9.17) is 23.2 Å². The van der Waals surface area contributed by atoms with Gasteiger partial charge in [-0.05, 0) is 46.3 Å². The van der Waals surface area contributed by atoms with Gasteiger partial charge in [-0.15, -0.1) is 0 Å². The molecule has 0 radical (unpaired) electrons. The molecule has 0 unspecified atom stereocenters. The molecule has 1 aliphatic heterocycles. The highest BCUT2D eigenvalue weighted by molar-refractivity contribution is 9.10. The van der Waals surface area contributed by atoms with Gasteiger partial charge in [-0.25, -0.2) is 4.39 Å². The van der Waals surface area contributed by atoms with Crippen LogP contribution < -0.4 is 5.32 Å². The Morgan fingerprint density at radius 2 is 1.64 bits per heavy atom. The van der Waals surface area contributed by atoms with Gasteiger partial charge in [-0.2, -0.15) is 0 Å². The summed E-state index contributed by atoms with van der Waals surface area (Å²) in [5, 5.41) is 2.79. The number of carbonyl (C=O) groups is 3. The number of nitrogens with zero attached hydrogens (tertiary/aromatic N) is 1. The zero-order valence-corrected chi connectivity index (χ0v) is 15.4. The van der Waals surface area contributed by atoms with Crippen molar-refractivity contribution >= 4 is 62.5 Å². The van der Waals surface area contributed by atoms with Crippen LogP contribution in [0.25, 0.3) is 0 Å². The molecule has 128 valence electrons. The SMILES string of the molecule is O=C(CN1C(=O)c2cc(Cl)c(Cl)cc2C1=O)Nc1ccc(F)cc1Br. The molecule has 0 saturated carbocycles. The van der Waals surface area contributed by atoms with Crippen molar-refractivity contribution in [1.82, 2.24) is 4.90 Å². The van der Waals surface area contributed by atoms with Crippen LogP contribution in [0.3, 0.4) is 0 Å². The molecular formula is C16H8BrCl2FN2O3. The van der Waals surface area contributed by atoms with Gasteiger partial charge in [0, 0.05) is 4.47 Å². The van der Waals surface area contributed by atoms with Gasteiger partial charge in [0.25, 0.3) is 11.8 Å². The predicted octanol–water partition coefficient (Wildman–Crippen LogP) is 4.13. The summed E-state index contributed by atoms with van der Waals surface area (Å²) in [5.74, 6) is -2.35. The Morgan fingerprint density at radius 3 is 2.16 bits per heavy atom. The summed E-state index contributed by atoms with van der Waals surface area (Å²) in [7, 11) is 0. The fraction of sp³-hybridized carbons (Fsp3) is 0.0625. The molecule has 0 aliphatic carbocycles. The van der Waals surface area contributed by atoms with Crippen LogP contribution in [-0.4, -0.2) is 29.2 Å². The van der Waals surface area contributed by atoms with E-state index in [0.717, 1.165) is 4.90 Å². The summed E-state index contributed by atoms with van der Waals surface area (Å²) in [6.07, 6.45) is 0. The number of nitrogens with one attached hydrogen (secondary N) is 1. The second-order valence-electron chi connectivity index (χ2n) is 5.18. The lowest BCUT2D eigenvalue weighted by Gasteiger charge is -2.14. The Bertz CT molecular complexity index is 895. The number of carbonyl (C=O) groups excluding carboxylic acids is 3. The van der Waals surface area contributed by atoms with Crippen LogP contribution in [-0.2, 0) is 4.79 Å². The molecule has 5 nitrogen and oxygen atoms in total. The van der Waals surface area contributed by atoms with Crippen molar-refractivity contribution in [3.8, 4) is 0 Å². The van der Waals surface area contributed by atoms with Crippen LogP contribution in [0.2, 0.25) is 10.0 Å². The number of benzene rings is 2. The van der Waals surface area contributed by atoms with Crippen molar-refractivity contribution in [3.63, 3.8) is 0 Å². The van der Waals surface area contributed by atoms with Crippen LogP contribution in [0.5, 0.6) is 0 Å². The first-order valence-corrected chi connectivity index (χ1v) is 8.43. The maximum atomic E-state index is 13.1. The van der Waals surface area contributed by atoms with Crippen molar-refractivity contribution < 1.29 is 18.8 Å². The number of anilines is 1. The third kappa shape index (κ3) is 3.40.